The van der Waals surface area contributed by atoms with Gasteiger partial charge in [0.1, 0.15) is 0 Å². The summed E-state index contributed by atoms with van der Waals surface area (Å²) in [6, 6.07) is 3.25. The van der Waals surface area contributed by atoms with Crippen molar-refractivity contribution in [3.63, 3.8) is 0 Å². The molecule has 0 aliphatic rings. The second-order valence-corrected chi connectivity index (χ2v) is 1.84. The molecule has 0 aliphatic heterocycles. The van der Waals surface area contributed by atoms with E-state index in [2.05, 4.69) is 4.98 Å². The molecule has 0 spiro atoms. The highest BCUT2D eigenvalue weighted by Crippen LogP contribution is 2.04. The predicted octanol–water partition coefficient (Wildman–Crippen LogP) is 0.837. The van der Waals surface area contributed by atoms with Gasteiger partial charge in [-0.2, -0.15) is 0 Å². The Morgan fingerprint density at radius 1 is 1.60 bits per heavy atom. The molecular formula is C6H8FN3. The zero-order valence-electron chi connectivity index (χ0n) is 5.34. The molecule has 0 saturated heterocycles. The molecule has 4 heteroatoms. The smallest absolute Gasteiger partial charge is 0.0839 e. The maximum absolute atomic E-state index is 11.6. The largest absolute Gasteiger partial charge is 0.325 e. The summed E-state index contributed by atoms with van der Waals surface area (Å²) < 4.78 is 11.6. The van der Waals surface area contributed by atoms with Gasteiger partial charge in [0.15, 0.2) is 0 Å². The van der Waals surface area contributed by atoms with Gasteiger partial charge in [-0.1, -0.05) is 0 Å². The van der Waals surface area contributed by atoms with Crippen molar-refractivity contribution in [1.82, 2.24) is 4.98 Å². The zero-order chi connectivity index (χ0) is 7.40. The van der Waals surface area contributed by atoms with Crippen LogP contribution in [0.3, 0.4) is 0 Å². The third-order valence-electron chi connectivity index (χ3n) is 1.14. The highest BCUT2D eigenvalue weighted by Gasteiger charge is 1.90. The van der Waals surface area contributed by atoms with E-state index in [9.17, 15) is 4.48 Å². The first kappa shape index (κ1) is 6.95. The molecular weight excluding hydrogens is 133 g/mol. The Bertz CT molecular complexity index is 174. The Morgan fingerprint density at radius 3 is 2.80 bits per heavy atom. The summed E-state index contributed by atoms with van der Waals surface area (Å²) >= 11 is 0. The molecule has 1 rings (SSSR count). The minimum absolute atomic E-state index is 0.345. The minimum atomic E-state index is 0.345. The van der Waals surface area contributed by atoms with Crippen molar-refractivity contribution >= 4 is 5.69 Å². The first-order valence-corrected chi connectivity index (χ1v) is 2.88. The van der Waals surface area contributed by atoms with Crippen LogP contribution in [0.2, 0.25) is 0 Å². The highest BCUT2D eigenvalue weighted by molar-refractivity contribution is 5.38. The van der Waals surface area contributed by atoms with E-state index in [1.807, 2.05) is 0 Å². The summed E-state index contributed by atoms with van der Waals surface area (Å²) in [6.45, 7) is 0.382. The Hall–Kier alpha value is -1.16. The molecule has 3 N–H and O–H groups in total. The van der Waals surface area contributed by atoms with Crippen LogP contribution in [0.4, 0.5) is 10.2 Å². The Morgan fingerprint density at radius 2 is 2.40 bits per heavy atom. The molecule has 0 unspecified atom stereocenters. The first-order valence-electron chi connectivity index (χ1n) is 2.88. The third kappa shape index (κ3) is 1.41. The summed E-state index contributed by atoms with van der Waals surface area (Å²) in [5.74, 6) is 0. The van der Waals surface area contributed by atoms with Crippen molar-refractivity contribution in [2.45, 2.75) is 6.54 Å². The van der Waals surface area contributed by atoms with Crippen LogP contribution in [0, 0.1) is 0 Å². The van der Waals surface area contributed by atoms with Crippen LogP contribution in [-0.4, -0.2) is 4.98 Å². The molecule has 0 atom stereocenters. The molecule has 3 nitrogen and oxygen atoms in total. The number of hydrogen-bond donors (Lipinski definition) is 2. The predicted molar refractivity (Wildman–Crippen MR) is 36.9 cm³/mol. The molecule has 10 heavy (non-hydrogen) atoms. The molecule has 1 aromatic heterocycles. The summed E-state index contributed by atoms with van der Waals surface area (Å²) in [5, 5.41) is 0. The molecule has 0 fully saturated rings. The van der Waals surface area contributed by atoms with Crippen molar-refractivity contribution in [1.29, 1.82) is 0 Å². The van der Waals surface area contributed by atoms with E-state index >= 15 is 0 Å². The summed E-state index contributed by atoms with van der Waals surface area (Å²) in [5.41, 5.74) is 7.83. The second kappa shape index (κ2) is 3.12. The lowest BCUT2D eigenvalue weighted by molar-refractivity contribution is 0.616. The molecule has 54 valence electrons. The van der Waals surface area contributed by atoms with Crippen LogP contribution >= 0.6 is 0 Å². The Labute approximate surface area is 58.0 Å². The van der Waals surface area contributed by atoms with E-state index in [4.69, 9.17) is 5.73 Å². The van der Waals surface area contributed by atoms with Gasteiger partial charge in [-0.25, -0.2) is 5.54 Å². The lowest BCUT2D eigenvalue weighted by Gasteiger charge is -1.96. The molecule has 0 aliphatic carbocycles. The van der Waals surface area contributed by atoms with E-state index in [1.165, 1.54) is 11.7 Å². The van der Waals surface area contributed by atoms with Crippen LogP contribution in [0.1, 0.15) is 5.69 Å². The van der Waals surface area contributed by atoms with Gasteiger partial charge in [-0.3, -0.25) is 4.98 Å². The number of rotatable bonds is 2. The number of nitrogens with two attached hydrogens (primary N) is 1. The maximum Gasteiger partial charge on any atom is 0.0839 e. The Kier molecular flexibility index (Phi) is 2.17. The maximum atomic E-state index is 11.6. The number of pyridine rings is 1. The minimum Gasteiger partial charge on any atom is -0.325 e. The van der Waals surface area contributed by atoms with Gasteiger partial charge in [0, 0.05) is 6.54 Å². The molecule has 0 radical (unpaired) electrons. The van der Waals surface area contributed by atoms with Crippen molar-refractivity contribution in [2.75, 3.05) is 5.54 Å². The van der Waals surface area contributed by atoms with Gasteiger partial charge < -0.3 is 5.73 Å². The molecule has 0 bridgehead atoms. The summed E-state index contributed by atoms with van der Waals surface area (Å²) in [4.78, 5) is 3.84. The van der Waals surface area contributed by atoms with Gasteiger partial charge in [0.25, 0.3) is 0 Å². The van der Waals surface area contributed by atoms with Gasteiger partial charge >= 0.3 is 0 Å². The van der Waals surface area contributed by atoms with Crippen molar-refractivity contribution in [3.05, 3.63) is 24.0 Å². The molecule has 0 saturated carbocycles. The SMILES string of the molecule is NCc1ccc(NF)cn1. The van der Waals surface area contributed by atoms with Gasteiger partial charge in [0.05, 0.1) is 17.6 Å². The van der Waals surface area contributed by atoms with Crippen molar-refractivity contribution in [3.8, 4) is 0 Å². The molecule has 1 aromatic rings. The average Bonchev–Trinajstić information content (AvgIpc) is 2.05. The van der Waals surface area contributed by atoms with E-state index in [0.29, 0.717) is 12.2 Å². The second-order valence-electron chi connectivity index (χ2n) is 1.84. The molecule has 0 aromatic carbocycles. The number of anilines is 1. The van der Waals surface area contributed by atoms with Crippen LogP contribution < -0.4 is 11.3 Å². The van der Waals surface area contributed by atoms with Crippen LogP contribution in [-0.2, 0) is 6.54 Å². The topological polar surface area (TPSA) is 50.9 Å². The standard InChI is InChI=1S/C6H8FN3/c7-10-6-2-1-5(3-8)9-4-6/h1-2,4,10H,3,8H2. The fourth-order valence-electron chi connectivity index (χ4n) is 0.601. The quantitative estimate of drug-likeness (QED) is 0.600. The summed E-state index contributed by atoms with van der Waals surface area (Å²) in [7, 11) is 0. The number of aromatic nitrogens is 1. The van der Waals surface area contributed by atoms with Gasteiger partial charge in [-0.05, 0) is 12.1 Å². The Balaban J connectivity index is 2.80. The normalized spacial score (nSPS) is 9.40. The number of halogens is 1. The zero-order valence-corrected chi connectivity index (χ0v) is 5.34. The van der Waals surface area contributed by atoms with E-state index in [1.54, 1.807) is 12.1 Å². The van der Waals surface area contributed by atoms with Crippen LogP contribution in [0.15, 0.2) is 18.3 Å². The average molecular weight is 141 g/mol. The van der Waals surface area contributed by atoms with Crippen molar-refractivity contribution < 1.29 is 4.48 Å². The number of hydrogen-bond acceptors (Lipinski definition) is 3. The fourth-order valence-corrected chi connectivity index (χ4v) is 0.601. The number of nitrogens with one attached hydrogen (secondary N) is 1. The lowest BCUT2D eigenvalue weighted by Crippen LogP contribution is -1.98. The van der Waals surface area contributed by atoms with Crippen LogP contribution in [0.5, 0.6) is 0 Å². The van der Waals surface area contributed by atoms with Crippen LogP contribution in [0.25, 0.3) is 0 Å². The van der Waals surface area contributed by atoms with Crippen molar-refractivity contribution in [2.24, 2.45) is 5.73 Å². The third-order valence-corrected chi connectivity index (χ3v) is 1.14. The molecule has 0 amide bonds. The van der Waals surface area contributed by atoms with E-state index < -0.39 is 0 Å². The fraction of sp³-hybridized carbons (Fsp3) is 0.167. The van der Waals surface area contributed by atoms with Gasteiger partial charge in [0.2, 0.25) is 0 Å². The monoisotopic (exact) mass is 141 g/mol. The lowest BCUT2D eigenvalue weighted by atomic mass is 10.3. The summed E-state index contributed by atoms with van der Waals surface area (Å²) in [6.07, 6.45) is 1.39. The number of nitrogens with zero attached hydrogens (tertiary/aromatic N) is 1. The van der Waals surface area contributed by atoms with E-state index in [0.717, 1.165) is 5.69 Å². The first-order chi connectivity index (χ1) is 4.86. The highest BCUT2D eigenvalue weighted by atomic mass is 19.2. The van der Waals surface area contributed by atoms with E-state index in [-0.39, 0.29) is 0 Å². The van der Waals surface area contributed by atoms with Gasteiger partial charge in [-0.15, -0.1) is 4.48 Å². The molecule has 1 heterocycles.